The van der Waals surface area contributed by atoms with Crippen LogP contribution in [0.25, 0.3) is 0 Å². The normalized spacial score (nSPS) is 22.5. The maximum atomic E-state index is 13.3. The van der Waals surface area contributed by atoms with Gasteiger partial charge in [-0.1, -0.05) is 0 Å². The third-order valence-corrected chi connectivity index (χ3v) is 8.67. The van der Waals surface area contributed by atoms with Gasteiger partial charge >= 0.3 is 185 Å². The van der Waals surface area contributed by atoms with Crippen molar-refractivity contribution in [2.45, 2.75) is 29.9 Å². The van der Waals surface area contributed by atoms with Crippen LogP contribution in [0.2, 0.25) is 4.82 Å². The van der Waals surface area contributed by atoms with Crippen molar-refractivity contribution in [1.82, 2.24) is 0 Å². The molecule has 3 aromatic carbocycles. The molecule has 1 fully saturated rings. The summed E-state index contributed by atoms with van der Waals surface area (Å²) in [6, 6.07) is 30.7. The molecular weight excluding hydrogens is 439 g/mol. The molecule has 0 spiro atoms. The Morgan fingerprint density at radius 2 is 1.40 bits per heavy atom. The van der Waals surface area contributed by atoms with Gasteiger partial charge in [-0.05, 0) is 0 Å². The Balaban J connectivity index is 1.90. The quantitative estimate of drug-likeness (QED) is 0.401. The first-order valence-electron chi connectivity index (χ1n) is 10.3. The minimum atomic E-state index is -0.864. The summed E-state index contributed by atoms with van der Waals surface area (Å²) >= 11 is 0.0616. The molecule has 1 heterocycles. The van der Waals surface area contributed by atoms with Crippen LogP contribution in [0.1, 0.15) is 24.5 Å². The molecular formula is C26H26O3Se. The van der Waals surface area contributed by atoms with Crippen molar-refractivity contribution in [2.75, 3.05) is 7.11 Å². The Kier molecular flexibility index (Phi) is 6.38. The van der Waals surface area contributed by atoms with Crippen LogP contribution in [0.15, 0.2) is 91.0 Å². The fourth-order valence-electron chi connectivity index (χ4n) is 4.40. The SMILES string of the molecule is CC[C@@H]1OC(c2ccccc2)(c2ccccc2)[C@@H](C(=O)OC)[C@H]1[Se]c1ccccc1. The molecule has 0 radical (unpaired) electrons. The van der Waals surface area contributed by atoms with Crippen LogP contribution in [0.4, 0.5) is 0 Å². The van der Waals surface area contributed by atoms with E-state index in [9.17, 15) is 4.79 Å². The van der Waals surface area contributed by atoms with Gasteiger partial charge in [0.1, 0.15) is 0 Å². The summed E-state index contributed by atoms with van der Waals surface area (Å²) in [7, 11) is 1.48. The van der Waals surface area contributed by atoms with Crippen molar-refractivity contribution in [3.63, 3.8) is 0 Å². The Labute approximate surface area is 184 Å². The predicted molar refractivity (Wildman–Crippen MR) is 120 cm³/mol. The summed E-state index contributed by atoms with van der Waals surface area (Å²) in [6.07, 6.45) is 0.809. The van der Waals surface area contributed by atoms with Crippen LogP contribution in [-0.4, -0.2) is 34.1 Å². The predicted octanol–water partition coefficient (Wildman–Crippen LogP) is 4.35. The molecule has 3 aromatic rings. The van der Waals surface area contributed by atoms with Crippen LogP contribution in [0, 0.1) is 5.92 Å². The van der Waals surface area contributed by atoms with Crippen molar-refractivity contribution in [2.24, 2.45) is 5.92 Å². The molecule has 0 aliphatic carbocycles. The van der Waals surface area contributed by atoms with Crippen molar-refractivity contribution in [3.8, 4) is 0 Å². The first-order chi connectivity index (χ1) is 14.7. The molecule has 30 heavy (non-hydrogen) atoms. The first kappa shape index (κ1) is 20.9. The molecule has 0 unspecified atom stereocenters. The molecule has 1 aliphatic heterocycles. The number of benzene rings is 3. The van der Waals surface area contributed by atoms with Gasteiger partial charge in [-0.2, -0.15) is 0 Å². The Morgan fingerprint density at radius 1 is 0.900 bits per heavy atom. The molecule has 0 bridgehead atoms. The van der Waals surface area contributed by atoms with Gasteiger partial charge in [0.2, 0.25) is 0 Å². The van der Waals surface area contributed by atoms with E-state index in [1.807, 2.05) is 42.5 Å². The zero-order chi connectivity index (χ0) is 21.0. The molecule has 4 heteroatoms. The van der Waals surface area contributed by atoms with E-state index < -0.39 is 11.5 Å². The van der Waals surface area contributed by atoms with Crippen LogP contribution in [-0.2, 0) is 19.9 Å². The van der Waals surface area contributed by atoms with Gasteiger partial charge in [-0.15, -0.1) is 0 Å². The number of hydrogen-bond donors (Lipinski definition) is 0. The molecule has 0 saturated carbocycles. The molecule has 0 amide bonds. The van der Waals surface area contributed by atoms with Crippen LogP contribution in [0.3, 0.4) is 0 Å². The minimum absolute atomic E-state index is 0.0327. The fourth-order valence-corrected chi connectivity index (χ4v) is 7.48. The van der Waals surface area contributed by atoms with Gasteiger partial charge in [0.05, 0.1) is 0 Å². The van der Waals surface area contributed by atoms with E-state index in [0.29, 0.717) is 0 Å². The van der Waals surface area contributed by atoms with Crippen molar-refractivity contribution >= 4 is 25.4 Å². The fraction of sp³-hybridized carbons (Fsp3) is 0.269. The Bertz CT molecular complexity index is 920. The summed E-state index contributed by atoms with van der Waals surface area (Å²) in [5, 5.41) is 0. The monoisotopic (exact) mass is 466 g/mol. The van der Waals surface area contributed by atoms with Gasteiger partial charge in [0, 0.05) is 0 Å². The summed E-state index contributed by atoms with van der Waals surface area (Å²) in [4.78, 5) is 13.4. The number of esters is 1. The Morgan fingerprint density at radius 3 is 1.87 bits per heavy atom. The van der Waals surface area contributed by atoms with Crippen molar-refractivity contribution in [1.29, 1.82) is 0 Å². The van der Waals surface area contributed by atoms with E-state index in [2.05, 4.69) is 55.5 Å². The molecule has 1 aliphatic rings. The van der Waals surface area contributed by atoms with Gasteiger partial charge < -0.3 is 0 Å². The standard InChI is InChI=1S/C26H26O3Se/c1-3-22-24(30-21-17-11-6-12-18-21)23(25(27)28-2)26(29-22,19-13-7-4-8-14-19)20-15-9-5-10-16-20/h4-18,22-24H,3H2,1-2H3/t22-,23+,24-/m0/s1. The van der Waals surface area contributed by atoms with E-state index >= 15 is 0 Å². The average Bonchev–Trinajstić information content (AvgIpc) is 3.15. The molecule has 1 saturated heterocycles. The zero-order valence-corrected chi connectivity index (χ0v) is 18.9. The average molecular weight is 465 g/mol. The molecule has 3 atom stereocenters. The zero-order valence-electron chi connectivity index (χ0n) is 17.2. The van der Waals surface area contributed by atoms with Gasteiger partial charge in [0.25, 0.3) is 0 Å². The van der Waals surface area contributed by atoms with E-state index in [0.717, 1.165) is 17.5 Å². The molecule has 154 valence electrons. The van der Waals surface area contributed by atoms with Crippen LogP contribution in [0.5, 0.6) is 0 Å². The second-order valence-corrected chi connectivity index (χ2v) is 10.1. The topological polar surface area (TPSA) is 35.5 Å². The maximum absolute atomic E-state index is 13.3. The van der Waals surface area contributed by atoms with E-state index in [1.54, 1.807) is 0 Å². The first-order valence-corrected chi connectivity index (χ1v) is 12.1. The molecule has 4 rings (SSSR count). The van der Waals surface area contributed by atoms with E-state index in [1.165, 1.54) is 11.6 Å². The summed E-state index contributed by atoms with van der Waals surface area (Å²) in [5.41, 5.74) is 1.13. The van der Waals surface area contributed by atoms with Crippen molar-refractivity contribution < 1.29 is 14.3 Å². The second kappa shape index (κ2) is 9.18. The molecule has 0 aromatic heterocycles. The van der Waals surface area contributed by atoms with E-state index in [-0.39, 0.29) is 31.8 Å². The molecule has 0 N–H and O–H groups in total. The second-order valence-electron chi connectivity index (χ2n) is 7.43. The summed E-state index contributed by atoms with van der Waals surface area (Å²) in [6.45, 7) is 2.14. The van der Waals surface area contributed by atoms with Crippen molar-refractivity contribution in [3.05, 3.63) is 102 Å². The number of rotatable bonds is 6. The summed E-state index contributed by atoms with van der Waals surface area (Å²) < 4.78 is 13.6. The van der Waals surface area contributed by atoms with Crippen LogP contribution < -0.4 is 4.46 Å². The third-order valence-electron chi connectivity index (χ3n) is 5.75. The van der Waals surface area contributed by atoms with Gasteiger partial charge in [-0.25, -0.2) is 0 Å². The van der Waals surface area contributed by atoms with Crippen LogP contribution >= 0.6 is 0 Å². The van der Waals surface area contributed by atoms with Gasteiger partial charge in [-0.3, -0.25) is 0 Å². The number of hydrogen-bond acceptors (Lipinski definition) is 3. The number of carbonyl (C=O) groups is 1. The van der Waals surface area contributed by atoms with Gasteiger partial charge in [0.15, 0.2) is 0 Å². The summed E-state index contributed by atoms with van der Waals surface area (Å²) in [5.74, 6) is -0.626. The Hall–Kier alpha value is -2.39. The third kappa shape index (κ3) is 3.72. The molecule has 3 nitrogen and oxygen atoms in total. The number of methoxy groups -OCH3 is 1. The number of ether oxygens (including phenoxy) is 2. The number of carbonyl (C=O) groups excluding carboxylic acids is 1. The van der Waals surface area contributed by atoms with E-state index in [4.69, 9.17) is 9.47 Å².